The fourth-order valence-corrected chi connectivity index (χ4v) is 5.08. The quantitative estimate of drug-likeness (QED) is 0.709. The van der Waals surface area contributed by atoms with Crippen LogP contribution in [0.25, 0.3) is 11.4 Å². The number of ether oxygens (including phenoxy) is 2. The third-order valence-corrected chi connectivity index (χ3v) is 6.95. The van der Waals surface area contributed by atoms with Crippen LogP contribution in [-0.2, 0) is 20.7 Å². The molecule has 10 nitrogen and oxygen atoms in total. The highest BCUT2D eigenvalue weighted by atomic mass is 16.5. The van der Waals surface area contributed by atoms with E-state index in [0.29, 0.717) is 44.4 Å². The van der Waals surface area contributed by atoms with E-state index < -0.39 is 0 Å². The lowest BCUT2D eigenvalue weighted by Crippen LogP contribution is -2.49. The van der Waals surface area contributed by atoms with E-state index in [1.807, 2.05) is 29.2 Å². The number of aromatic nitrogens is 2. The molecule has 0 radical (unpaired) electrons. The summed E-state index contributed by atoms with van der Waals surface area (Å²) < 4.78 is 10.6. The maximum atomic E-state index is 12.4. The second-order valence-electron chi connectivity index (χ2n) is 9.14. The van der Waals surface area contributed by atoms with E-state index in [0.717, 1.165) is 55.1 Å². The van der Waals surface area contributed by atoms with Gasteiger partial charge in [0.1, 0.15) is 5.82 Å². The Morgan fingerprint density at radius 3 is 2.53 bits per heavy atom. The Kier molecular flexibility index (Phi) is 5.54. The first-order chi connectivity index (χ1) is 16.7. The van der Waals surface area contributed by atoms with Crippen LogP contribution in [0, 0.1) is 0 Å². The first-order valence-electron chi connectivity index (χ1n) is 11.9. The molecule has 5 heterocycles. The third-order valence-electron chi connectivity index (χ3n) is 6.95. The van der Waals surface area contributed by atoms with Crippen molar-refractivity contribution in [3.63, 3.8) is 0 Å². The van der Waals surface area contributed by atoms with Crippen LogP contribution in [0.15, 0.2) is 24.3 Å². The Morgan fingerprint density at radius 2 is 1.79 bits per heavy atom. The summed E-state index contributed by atoms with van der Waals surface area (Å²) in [5, 5.41) is 5.72. The minimum absolute atomic E-state index is 0.0258. The fourth-order valence-electron chi connectivity index (χ4n) is 5.08. The number of carbonyl (C=O) groups is 2. The largest absolute Gasteiger partial charge is 0.378 e. The predicted molar refractivity (Wildman–Crippen MR) is 125 cm³/mol. The van der Waals surface area contributed by atoms with Gasteiger partial charge in [0.25, 0.3) is 0 Å². The molecule has 0 aliphatic carbocycles. The number of nitrogens with zero attached hydrogens (tertiary/aromatic N) is 4. The lowest BCUT2D eigenvalue weighted by Gasteiger charge is -2.36. The summed E-state index contributed by atoms with van der Waals surface area (Å²) in [5.74, 6) is 1.82. The zero-order chi connectivity index (χ0) is 23.1. The summed E-state index contributed by atoms with van der Waals surface area (Å²) in [5.41, 5.74) is 3.71. The highest BCUT2D eigenvalue weighted by Crippen LogP contribution is 2.41. The number of morpholine rings is 1. The van der Waals surface area contributed by atoms with Crippen molar-refractivity contribution in [1.29, 1.82) is 0 Å². The molecule has 3 amide bonds. The molecule has 0 unspecified atom stereocenters. The number of nitrogens with one attached hydrogen (secondary N) is 2. The number of benzene rings is 1. The maximum absolute atomic E-state index is 12.4. The second-order valence-corrected chi connectivity index (χ2v) is 9.14. The van der Waals surface area contributed by atoms with Crippen molar-refractivity contribution >= 4 is 23.4 Å². The number of anilines is 2. The minimum atomic E-state index is -0.244. The van der Waals surface area contributed by atoms with E-state index in [9.17, 15) is 9.59 Å². The van der Waals surface area contributed by atoms with Crippen molar-refractivity contribution in [3.8, 4) is 11.4 Å². The van der Waals surface area contributed by atoms with E-state index in [4.69, 9.17) is 19.4 Å². The van der Waals surface area contributed by atoms with Gasteiger partial charge in [0.2, 0.25) is 5.91 Å². The van der Waals surface area contributed by atoms with E-state index in [2.05, 4.69) is 15.5 Å². The summed E-state index contributed by atoms with van der Waals surface area (Å²) in [4.78, 5) is 38.8. The van der Waals surface area contributed by atoms with Gasteiger partial charge >= 0.3 is 6.03 Å². The fraction of sp³-hybridized carbons (Fsp3) is 0.500. The summed E-state index contributed by atoms with van der Waals surface area (Å²) in [6.45, 7) is 4.77. The number of rotatable bonds is 4. The highest BCUT2D eigenvalue weighted by molar-refractivity contribution is 5.89. The molecule has 0 spiro atoms. The number of amides is 3. The van der Waals surface area contributed by atoms with Crippen LogP contribution in [0.3, 0.4) is 0 Å². The number of urea groups is 1. The lowest BCUT2D eigenvalue weighted by molar-refractivity contribution is -0.129. The Bertz CT molecular complexity index is 1100. The zero-order valence-electron chi connectivity index (χ0n) is 19.0. The van der Waals surface area contributed by atoms with Gasteiger partial charge in [-0.3, -0.25) is 4.79 Å². The average Bonchev–Trinajstić information content (AvgIpc) is 3.23. The SMILES string of the molecule is O=C(Nc1ccc(-c2nc3c(c(N4CCOCC4)n2)CCN2C(=O)CC[C@H]32)cc1)NC1COC1. The molecular weight excluding hydrogens is 436 g/mol. The number of carbonyl (C=O) groups excluding carboxylic acids is 2. The van der Waals surface area contributed by atoms with Crippen molar-refractivity contribution in [2.24, 2.45) is 0 Å². The normalized spacial score (nSPS) is 22.1. The Balaban J connectivity index is 1.30. The van der Waals surface area contributed by atoms with Crippen molar-refractivity contribution in [3.05, 3.63) is 35.5 Å². The van der Waals surface area contributed by atoms with Gasteiger partial charge in [-0.2, -0.15) is 0 Å². The topological polar surface area (TPSA) is 109 Å². The van der Waals surface area contributed by atoms with Gasteiger partial charge in [-0.05, 0) is 37.1 Å². The molecule has 34 heavy (non-hydrogen) atoms. The molecule has 6 rings (SSSR count). The molecule has 1 atom stereocenters. The standard InChI is InChI=1S/C24H28N6O4/c31-20-6-5-19-21-18(7-8-30(19)20)23(29-9-11-33-12-10-29)28-22(27-21)15-1-3-16(4-2-15)25-24(32)26-17-13-34-14-17/h1-4,17,19H,5-14H2,(H2,25,26,32)/t19-/m1/s1. The van der Waals surface area contributed by atoms with Gasteiger partial charge in [0, 0.05) is 42.9 Å². The first-order valence-corrected chi connectivity index (χ1v) is 11.9. The number of fused-ring (bicyclic) bond motifs is 3. The minimum Gasteiger partial charge on any atom is -0.378 e. The van der Waals surface area contributed by atoms with Gasteiger partial charge in [0.05, 0.1) is 44.2 Å². The molecule has 1 aromatic heterocycles. The van der Waals surface area contributed by atoms with Crippen LogP contribution in [0.2, 0.25) is 0 Å². The van der Waals surface area contributed by atoms with Crippen LogP contribution >= 0.6 is 0 Å². The molecule has 2 N–H and O–H groups in total. The van der Waals surface area contributed by atoms with Crippen LogP contribution < -0.4 is 15.5 Å². The maximum Gasteiger partial charge on any atom is 0.319 e. The van der Waals surface area contributed by atoms with Crippen molar-refractivity contribution in [2.75, 3.05) is 56.3 Å². The predicted octanol–water partition coefficient (Wildman–Crippen LogP) is 1.72. The second kappa shape index (κ2) is 8.84. The summed E-state index contributed by atoms with van der Waals surface area (Å²) >= 11 is 0. The van der Waals surface area contributed by atoms with E-state index in [1.54, 1.807) is 0 Å². The van der Waals surface area contributed by atoms with Gasteiger partial charge in [-0.15, -0.1) is 0 Å². The van der Waals surface area contributed by atoms with Crippen LogP contribution in [0.1, 0.15) is 30.1 Å². The van der Waals surface area contributed by atoms with Gasteiger partial charge in [-0.25, -0.2) is 14.8 Å². The molecule has 3 saturated heterocycles. The van der Waals surface area contributed by atoms with Crippen molar-refractivity contribution < 1.29 is 19.1 Å². The average molecular weight is 465 g/mol. The molecule has 3 fully saturated rings. The number of hydrogen-bond donors (Lipinski definition) is 2. The smallest absolute Gasteiger partial charge is 0.319 e. The monoisotopic (exact) mass is 464 g/mol. The Hall–Kier alpha value is -3.24. The van der Waals surface area contributed by atoms with Crippen LogP contribution in [0.5, 0.6) is 0 Å². The molecule has 4 aliphatic heterocycles. The van der Waals surface area contributed by atoms with Gasteiger partial charge in [-0.1, -0.05) is 0 Å². The van der Waals surface area contributed by atoms with Gasteiger partial charge in [0.15, 0.2) is 5.82 Å². The van der Waals surface area contributed by atoms with E-state index >= 15 is 0 Å². The molecular formula is C24H28N6O4. The number of hydrogen-bond acceptors (Lipinski definition) is 7. The summed E-state index contributed by atoms with van der Waals surface area (Å²) in [6, 6.07) is 7.41. The summed E-state index contributed by atoms with van der Waals surface area (Å²) in [6.07, 6.45) is 2.15. The van der Waals surface area contributed by atoms with Crippen molar-refractivity contribution in [1.82, 2.24) is 20.2 Å². The molecule has 4 aliphatic rings. The molecule has 178 valence electrons. The molecule has 10 heteroatoms. The molecule has 0 saturated carbocycles. The summed E-state index contributed by atoms with van der Waals surface area (Å²) in [7, 11) is 0. The zero-order valence-corrected chi connectivity index (χ0v) is 19.0. The van der Waals surface area contributed by atoms with Crippen molar-refractivity contribution in [2.45, 2.75) is 31.3 Å². The van der Waals surface area contributed by atoms with Crippen LogP contribution in [-0.4, -0.2) is 78.9 Å². The Labute approximate surface area is 197 Å². The van der Waals surface area contributed by atoms with Gasteiger partial charge < -0.3 is 29.9 Å². The molecule has 0 bridgehead atoms. The molecule has 1 aromatic carbocycles. The lowest BCUT2D eigenvalue weighted by atomic mass is 9.97. The highest BCUT2D eigenvalue weighted by Gasteiger charge is 2.39. The third kappa shape index (κ3) is 3.97. The van der Waals surface area contributed by atoms with E-state index in [-0.39, 0.29) is 24.0 Å². The Morgan fingerprint density at radius 1 is 1.00 bits per heavy atom. The van der Waals surface area contributed by atoms with Crippen LogP contribution in [0.4, 0.5) is 16.3 Å². The van der Waals surface area contributed by atoms with E-state index in [1.165, 1.54) is 0 Å². The molecule has 2 aromatic rings. The first kappa shape index (κ1) is 21.3.